The summed E-state index contributed by atoms with van der Waals surface area (Å²) >= 11 is 0. The third-order valence-electron chi connectivity index (χ3n) is 3.18. The Hall–Kier alpha value is -1.60. The van der Waals surface area contributed by atoms with Gasteiger partial charge in [0.2, 0.25) is 0 Å². The van der Waals surface area contributed by atoms with Crippen LogP contribution in [0.5, 0.6) is 0 Å². The second-order valence-corrected chi connectivity index (χ2v) is 4.45. The highest BCUT2D eigenvalue weighted by molar-refractivity contribution is 5.45. The van der Waals surface area contributed by atoms with Crippen LogP contribution in [0.1, 0.15) is 18.5 Å². The summed E-state index contributed by atoms with van der Waals surface area (Å²) in [5.41, 5.74) is 1.53. The molecule has 0 saturated carbocycles. The first-order valence-electron chi connectivity index (χ1n) is 5.94. The van der Waals surface area contributed by atoms with Crippen molar-refractivity contribution < 1.29 is 4.74 Å². The molecule has 0 aromatic carbocycles. The number of aromatic nitrogens is 1. The van der Waals surface area contributed by atoms with E-state index in [0.29, 0.717) is 11.6 Å². The van der Waals surface area contributed by atoms with Crippen LogP contribution in [-0.2, 0) is 4.74 Å². The largest absolute Gasteiger partial charge is 0.381 e. The Bertz CT molecular complexity index is 390. The van der Waals surface area contributed by atoms with Crippen LogP contribution >= 0.6 is 0 Å². The number of pyridine rings is 1. The van der Waals surface area contributed by atoms with Crippen molar-refractivity contribution in [3.8, 4) is 6.07 Å². The van der Waals surface area contributed by atoms with Crippen LogP contribution in [0.4, 0.5) is 5.69 Å². The van der Waals surface area contributed by atoms with Gasteiger partial charge in [0.05, 0.1) is 11.9 Å². The fourth-order valence-corrected chi connectivity index (χ4v) is 2.10. The number of rotatable bonds is 3. The van der Waals surface area contributed by atoms with Gasteiger partial charge in [0.25, 0.3) is 0 Å². The van der Waals surface area contributed by atoms with Gasteiger partial charge in [-0.25, -0.2) is 4.98 Å². The first-order valence-corrected chi connectivity index (χ1v) is 5.94. The van der Waals surface area contributed by atoms with Crippen molar-refractivity contribution in [3.05, 3.63) is 24.0 Å². The Kier molecular flexibility index (Phi) is 3.94. The van der Waals surface area contributed by atoms with E-state index in [1.54, 1.807) is 12.3 Å². The molecule has 0 radical (unpaired) electrons. The molecule has 0 atom stereocenters. The predicted molar refractivity (Wildman–Crippen MR) is 65.8 cm³/mol. The Labute approximate surface area is 102 Å². The summed E-state index contributed by atoms with van der Waals surface area (Å²) in [6.07, 6.45) is 4.03. The lowest BCUT2D eigenvalue weighted by Crippen LogP contribution is -2.29. The molecular formula is C13H17N3O. The minimum atomic E-state index is 0.466. The van der Waals surface area contributed by atoms with Crippen LogP contribution in [0, 0.1) is 17.2 Å². The average Bonchev–Trinajstić information content (AvgIpc) is 2.40. The van der Waals surface area contributed by atoms with Gasteiger partial charge in [-0.2, -0.15) is 5.26 Å². The van der Waals surface area contributed by atoms with Crippen molar-refractivity contribution >= 4 is 5.69 Å². The van der Waals surface area contributed by atoms with E-state index in [9.17, 15) is 0 Å². The maximum Gasteiger partial charge on any atom is 0.140 e. The van der Waals surface area contributed by atoms with Gasteiger partial charge in [-0.15, -0.1) is 0 Å². The molecule has 17 heavy (non-hydrogen) atoms. The van der Waals surface area contributed by atoms with Gasteiger partial charge in [-0.3, -0.25) is 0 Å². The number of nitrogens with zero attached hydrogens (tertiary/aromatic N) is 3. The summed E-state index contributed by atoms with van der Waals surface area (Å²) in [5.74, 6) is 0.699. The van der Waals surface area contributed by atoms with Crippen LogP contribution in [0.2, 0.25) is 0 Å². The lowest BCUT2D eigenvalue weighted by atomic mass is 10.00. The molecule has 2 rings (SSSR count). The smallest absolute Gasteiger partial charge is 0.140 e. The third kappa shape index (κ3) is 3.18. The lowest BCUT2D eigenvalue weighted by Gasteiger charge is -2.28. The van der Waals surface area contributed by atoms with Gasteiger partial charge in [0.15, 0.2) is 0 Å². The van der Waals surface area contributed by atoms with Gasteiger partial charge in [0, 0.05) is 26.8 Å². The maximum atomic E-state index is 8.69. The van der Waals surface area contributed by atoms with Gasteiger partial charge in [0.1, 0.15) is 11.8 Å². The zero-order valence-corrected chi connectivity index (χ0v) is 10.1. The topological polar surface area (TPSA) is 49.1 Å². The van der Waals surface area contributed by atoms with E-state index in [-0.39, 0.29) is 0 Å². The fourth-order valence-electron chi connectivity index (χ4n) is 2.10. The van der Waals surface area contributed by atoms with E-state index in [4.69, 9.17) is 10.00 Å². The quantitative estimate of drug-likeness (QED) is 0.796. The molecule has 90 valence electrons. The van der Waals surface area contributed by atoms with E-state index in [2.05, 4.69) is 16.9 Å². The molecule has 0 amide bonds. The van der Waals surface area contributed by atoms with Crippen LogP contribution in [0.15, 0.2) is 18.3 Å². The molecule has 0 bridgehead atoms. The Morgan fingerprint density at radius 3 is 2.82 bits per heavy atom. The normalized spacial score (nSPS) is 16.5. The summed E-state index contributed by atoms with van der Waals surface area (Å²) < 4.78 is 5.35. The summed E-state index contributed by atoms with van der Waals surface area (Å²) in [5, 5.41) is 8.69. The lowest BCUT2D eigenvalue weighted by molar-refractivity contribution is 0.0685. The third-order valence-corrected chi connectivity index (χ3v) is 3.18. The zero-order chi connectivity index (χ0) is 12.1. The van der Waals surface area contributed by atoms with E-state index >= 15 is 0 Å². The summed E-state index contributed by atoms with van der Waals surface area (Å²) in [6, 6.07) is 5.74. The number of hydrogen-bond donors (Lipinski definition) is 0. The molecule has 1 aliphatic rings. The highest BCUT2D eigenvalue weighted by atomic mass is 16.5. The van der Waals surface area contributed by atoms with Crippen molar-refractivity contribution in [1.29, 1.82) is 5.26 Å². The van der Waals surface area contributed by atoms with Gasteiger partial charge in [-0.1, -0.05) is 0 Å². The second-order valence-electron chi connectivity index (χ2n) is 4.45. The molecule has 0 aliphatic carbocycles. The van der Waals surface area contributed by atoms with Crippen LogP contribution in [0.3, 0.4) is 0 Å². The van der Waals surface area contributed by atoms with Crippen molar-refractivity contribution in [3.63, 3.8) is 0 Å². The van der Waals surface area contributed by atoms with Gasteiger partial charge < -0.3 is 9.64 Å². The van der Waals surface area contributed by atoms with Crippen LogP contribution in [-0.4, -0.2) is 31.8 Å². The fraction of sp³-hybridized carbons (Fsp3) is 0.538. The zero-order valence-electron chi connectivity index (χ0n) is 10.1. The Morgan fingerprint density at radius 2 is 2.24 bits per heavy atom. The molecule has 2 heterocycles. The Morgan fingerprint density at radius 1 is 1.47 bits per heavy atom. The highest BCUT2D eigenvalue weighted by Crippen LogP contribution is 2.19. The van der Waals surface area contributed by atoms with E-state index < -0.39 is 0 Å². The molecular weight excluding hydrogens is 214 g/mol. The average molecular weight is 231 g/mol. The maximum absolute atomic E-state index is 8.69. The Balaban J connectivity index is 1.94. The van der Waals surface area contributed by atoms with E-state index in [1.807, 2.05) is 12.1 Å². The molecule has 1 saturated heterocycles. The first-order chi connectivity index (χ1) is 8.29. The van der Waals surface area contributed by atoms with Crippen molar-refractivity contribution in [2.45, 2.75) is 12.8 Å². The second kappa shape index (κ2) is 5.65. The molecule has 1 aromatic heterocycles. The number of ether oxygens (including phenoxy) is 1. The molecule has 4 heteroatoms. The van der Waals surface area contributed by atoms with E-state index in [1.165, 1.54) is 0 Å². The monoisotopic (exact) mass is 231 g/mol. The van der Waals surface area contributed by atoms with Crippen LogP contribution in [0.25, 0.3) is 0 Å². The molecule has 0 spiro atoms. The first kappa shape index (κ1) is 11.9. The predicted octanol–water partition coefficient (Wildman–Crippen LogP) is 1.82. The van der Waals surface area contributed by atoms with Gasteiger partial charge >= 0.3 is 0 Å². The highest BCUT2D eigenvalue weighted by Gasteiger charge is 2.16. The molecule has 1 aromatic rings. The van der Waals surface area contributed by atoms with Crippen LogP contribution < -0.4 is 4.90 Å². The number of anilines is 1. The minimum Gasteiger partial charge on any atom is -0.381 e. The molecule has 4 nitrogen and oxygen atoms in total. The van der Waals surface area contributed by atoms with E-state index in [0.717, 1.165) is 38.3 Å². The minimum absolute atomic E-state index is 0.466. The number of nitriles is 1. The summed E-state index contributed by atoms with van der Waals surface area (Å²) in [6.45, 7) is 2.78. The van der Waals surface area contributed by atoms with Crippen molar-refractivity contribution in [1.82, 2.24) is 4.98 Å². The SMILES string of the molecule is CN(CC1CCOCC1)c1ccc(C#N)nc1. The molecule has 0 unspecified atom stereocenters. The van der Waals surface area contributed by atoms with Gasteiger partial charge in [-0.05, 0) is 30.9 Å². The standard InChI is InChI=1S/C13H17N3O/c1-16(10-11-4-6-17-7-5-11)13-3-2-12(8-14)15-9-13/h2-3,9,11H,4-7,10H2,1H3. The molecule has 1 aliphatic heterocycles. The molecule has 1 fully saturated rings. The van der Waals surface area contributed by atoms with Crippen molar-refractivity contribution in [2.75, 3.05) is 31.7 Å². The molecule has 0 N–H and O–H groups in total. The van der Waals surface area contributed by atoms with Crippen molar-refractivity contribution in [2.24, 2.45) is 5.92 Å². The summed E-state index contributed by atoms with van der Waals surface area (Å²) in [7, 11) is 2.07. The number of hydrogen-bond acceptors (Lipinski definition) is 4. The summed E-state index contributed by atoms with van der Waals surface area (Å²) in [4.78, 5) is 6.28.